The van der Waals surface area contributed by atoms with E-state index in [9.17, 15) is 4.39 Å². The minimum Gasteiger partial charge on any atom is -0.427 e. The van der Waals surface area contributed by atoms with Crippen LogP contribution in [0, 0.1) is 0 Å². The minimum absolute atomic E-state index is 0.0105. The SMILES string of the molecule is CCC(F)(Oc1cccc(N)c1)Oc1cccc(N)c1. The van der Waals surface area contributed by atoms with Gasteiger partial charge < -0.3 is 20.9 Å². The Balaban J connectivity index is 2.16. The summed E-state index contributed by atoms with van der Waals surface area (Å²) in [7, 11) is 0. The van der Waals surface area contributed by atoms with Crippen LogP contribution in [0.25, 0.3) is 0 Å². The highest BCUT2D eigenvalue weighted by Gasteiger charge is 2.33. The number of anilines is 2. The lowest BCUT2D eigenvalue weighted by molar-refractivity contribution is -0.217. The number of nitrogens with two attached hydrogens (primary N) is 2. The van der Waals surface area contributed by atoms with E-state index in [1.165, 1.54) is 12.1 Å². The van der Waals surface area contributed by atoms with E-state index in [-0.39, 0.29) is 6.42 Å². The molecule has 0 fully saturated rings. The highest BCUT2D eigenvalue weighted by atomic mass is 19.2. The number of ether oxygens (including phenoxy) is 2. The van der Waals surface area contributed by atoms with Crippen LogP contribution in [0.4, 0.5) is 15.8 Å². The highest BCUT2D eigenvalue weighted by Crippen LogP contribution is 2.28. The third kappa shape index (κ3) is 3.54. The predicted octanol–water partition coefficient (Wildman–Crippen LogP) is 3.34. The van der Waals surface area contributed by atoms with Crippen LogP contribution >= 0.6 is 0 Å². The van der Waals surface area contributed by atoms with Crippen molar-refractivity contribution in [3.05, 3.63) is 48.5 Å². The Kier molecular flexibility index (Phi) is 3.98. The Labute approximate surface area is 117 Å². The molecule has 0 spiro atoms. The molecule has 0 heterocycles. The third-order valence-corrected chi connectivity index (χ3v) is 2.68. The molecule has 5 heteroatoms. The standard InChI is InChI=1S/C15H17FN2O2/c1-2-15(16,19-13-7-3-5-11(17)9-13)20-14-8-4-6-12(18)10-14/h3-10H,2,17-18H2,1H3. The lowest BCUT2D eigenvalue weighted by atomic mass is 10.3. The number of benzene rings is 2. The Morgan fingerprint density at radius 2 is 1.40 bits per heavy atom. The van der Waals surface area contributed by atoms with Gasteiger partial charge in [-0.25, -0.2) is 0 Å². The maximum Gasteiger partial charge on any atom is 0.407 e. The summed E-state index contributed by atoms with van der Waals surface area (Å²) in [5.41, 5.74) is 12.2. The van der Waals surface area contributed by atoms with E-state index >= 15 is 0 Å². The topological polar surface area (TPSA) is 70.5 Å². The van der Waals surface area contributed by atoms with Crippen LogP contribution in [0.1, 0.15) is 13.3 Å². The largest absolute Gasteiger partial charge is 0.427 e. The molecule has 0 bridgehead atoms. The van der Waals surface area contributed by atoms with Crippen molar-refractivity contribution >= 4 is 11.4 Å². The van der Waals surface area contributed by atoms with Crippen LogP contribution in [0.2, 0.25) is 0 Å². The smallest absolute Gasteiger partial charge is 0.407 e. The molecule has 0 aliphatic carbocycles. The van der Waals surface area contributed by atoms with E-state index in [1.807, 2.05) is 0 Å². The van der Waals surface area contributed by atoms with Gasteiger partial charge in [0, 0.05) is 23.5 Å². The second-order valence-corrected chi connectivity index (χ2v) is 4.36. The quantitative estimate of drug-likeness (QED) is 0.649. The second kappa shape index (κ2) is 5.69. The summed E-state index contributed by atoms with van der Waals surface area (Å²) in [4.78, 5) is 0. The van der Waals surface area contributed by atoms with E-state index in [0.29, 0.717) is 22.9 Å². The fourth-order valence-electron chi connectivity index (χ4n) is 1.67. The zero-order valence-electron chi connectivity index (χ0n) is 11.2. The number of rotatable bonds is 5. The van der Waals surface area contributed by atoms with E-state index in [0.717, 1.165) is 0 Å². The molecule has 0 radical (unpaired) electrons. The monoisotopic (exact) mass is 276 g/mol. The van der Waals surface area contributed by atoms with Crippen LogP contribution < -0.4 is 20.9 Å². The van der Waals surface area contributed by atoms with Crippen LogP contribution in [0.3, 0.4) is 0 Å². The van der Waals surface area contributed by atoms with E-state index in [2.05, 4.69) is 0 Å². The summed E-state index contributed by atoms with van der Waals surface area (Å²) in [5, 5.41) is 0. The molecule has 2 aromatic carbocycles. The lowest BCUT2D eigenvalue weighted by Crippen LogP contribution is -2.36. The molecule has 20 heavy (non-hydrogen) atoms. The van der Waals surface area contributed by atoms with Gasteiger partial charge in [0.15, 0.2) is 0 Å². The summed E-state index contributed by atoms with van der Waals surface area (Å²) >= 11 is 0. The van der Waals surface area contributed by atoms with Gasteiger partial charge >= 0.3 is 6.04 Å². The van der Waals surface area contributed by atoms with Crippen molar-refractivity contribution in [2.75, 3.05) is 11.5 Å². The van der Waals surface area contributed by atoms with Crippen molar-refractivity contribution in [3.63, 3.8) is 0 Å². The zero-order chi connectivity index (χ0) is 14.6. The molecule has 2 rings (SSSR count). The van der Waals surface area contributed by atoms with E-state index < -0.39 is 6.04 Å². The number of alkyl halides is 1. The second-order valence-electron chi connectivity index (χ2n) is 4.36. The van der Waals surface area contributed by atoms with Gasteiger partial charge in [-0.05, 0) is 24.3 Å². The number of hydrogen-bond acceptors (Lipinski definition) is 4. The molecule has 0 amide bonds. The first kappa shape index (κ1) is 14.0. The van der Waals surface area contributed by atoms with Crippen molar-refractivity contribution in [2.45, 2.75) is 19.4 Å². The number of nitrogen functional groups attached to an aromatic ring is 2. The van der Waals surface area contributed by atoms with Gasteiger partial charge in [0.05, 0.1) is 6.42 Å². The molecule has 2 aromatic rings. The van der Waals surface area contributed by atoms with Gasteiger partial charge in [-0.3, -0.25) is 0 Å². The minimum atomic E-state index is -2.28. The van der Waals surface area contributed by atoms with Crippen molar-refractivity contribution in [2.24, 2.45) is 0 Å². The summed E-state index contributed by atoms with van der Waals surface area (Å²) in [6.45, 7) is 1.62. The molecule has 0 aromatic heterocycles. The first-order chi connectivity index (χ1) is 9.50. The summed E-state index contributed by atoms with van der Waals surface area (Å²) in [5.74, 6) is 0.608. The molecule has 4 N–H and O–H groups in total. The van der Waals surface area contributed by atoms with Gasteiger partial charge in [-0.15, -0.1) is 0 Å². The van der Waals surface area contributed by atoms with E-state index in [1.54, 1.807) is 43.3 Å². The predicted molar refractivity (Wildman–Crippen MR) is 77.1 cm³/mol. The fraction of sp³-hybridized carbons (Fsp3) is 0.200. The molecule has 0 saturated carbocycles. The van der Waals surface area contributed by atoms with Crippen LogP contribution in [0.15, 0.2) is 48.5 Å². The maximum absolute atomic E-state index is 14.6. The Morgan fingerprint density at radius 1 is 0.950 bits per heavy atom. The van der Waals surface area contributed by atoms with Crippen molar-refractivity contribution < 1.29 is 13.9 Å². The Morgan fingerprint density at radius 3 is 1.75 bits per heavy atom. The summed E-state index contributed by atoms with van der Waals surface area (Å²) in [6.07, 6.45) is 0.0105. The van der Waals surface area contributed by atoms with E-state index in [4.69, 9.17) is 20.9 Å². The molecule has 0 unspecified atom stereocenters. The van der Waals surface area contributed by atoms with Crippen molar-refractivity contribution in [1.29, 1.82) is 0 Å². The van der Waals surface area contributed by atoms with Crippen LogP contribution in [0.5, 0.6) is 11.5 Å². The Bertz CT molecular complexity index is 542. The lowest BCUT2D eigenvalue weighted by Gasteiger charge is -2.25. The molecule has 106 valence electrons. The zero-order valence-corrected chi connectivity index (χ0v) is 11.2. The molecular weight excluding hydrogens is 259 g/mol. The first-order valence-electron chi connectivity index (χ1n) is 6.29. The molecule has 0 saturated heterocycles. The van der Waals surface area contributed by atoms with Gasteiger partial charge in [0.25, 0.3) is 0 Å². The highest BCUT2D eigenvalue weighted by molar-refractivity contribution is 5.44. The molecule has 4 nitrogen and oxygen atoms in total. The maximum atomic E-state index is 14.6. The molecule has 0 aliphatic heterocycles. The summed E-state index contributed by atoms with van der Waals surface area (Å²) in [6, 6.07) is 10.8. The third-order valence-electron chi connectivity index (χ3n) is 2.68. The first-order valence-corrected chi connectivity index (χ1v) is 6.29. The Hall–Kier alpha value is -2.43. The average molecular weight is 276 g/mol. The number of halogens is 1. The average Bonchev–Trinajstić information content (AvgIpc) is 2.38. The van der Waals surface area contributed by atoms with Gasteiger partial charge in [-0.2, -0.15) is 4.39 Å². The van der Waals surface area contributed by atoms with Crippen LogP contribution in [-0.2, 0) is 0 Å². The molecule has 0 atom stereocenters. The van der Waals surface area contributed by atoms with Gasteiger partial charge in [-0.1, -0.05) is 19.1 Å². The van der Waals surface area contributed by atoms with Gasteiger partial charge in [0.2, 0.25) is 0 Å². The fourth-order valence-corrected chi connectivity index (χ4v) is 1.67. The van der Waals surface area contributed by atoms with Crippen molar-refractivity contribution in [3.8, 4) is 11.5 Å². The molecular formula is C15H17FN2O2. The van der Waals surface area contributed by atoms with Crippen LogP contribution in [-0.4, -0.2) is 6.04 Å². The molecule has 0 aliphatic rings. The van der Waals surface area contributed by atoms with Crippen molar-refractivity contribution in [1.82, 2.24) is 0 Å². The normalized spacial score (nSPS) is 11.1. The van der Waals surface area contributed by atoms with Gasteiger partial charge in [0.1, 0.15) is 11.5 Å². The number of hydrogen-bond donors (Lipinski definition) is 2. The summed E-state index contributed by atoms with van der Waals surface area (Å²) < 4.78 is 25.2.